The number of aromatic nitrogens is 3. The SMILES string of the molecule is O=C(NC#Cn1ccnc1[N+](=O)[O-])Nc1ccc(-c2ccncc2)c(C#Cc2ccc(F)cc2)c1. The van der Waals surface area contributed by atoms with Crippen molar-refractivity contribution in [2.45, 2.75) is 0 Å². The summed E-state index contributed by atoms with van der Waals surface area (Å²) in [4.78, 5) is 30.0. The number of hydrogen-bond acceptors (Lipinski definition) is 5. The summed E-state index contributed by atoms with van der Waals surface area (Å²) in [5.74, 6) is 5.26. The molecule has 2 N–H and O–H groups in total. The Bertz CT molecular complexity index is 1510. The molecule has 0 aliphatic carbocycles. The van der Waals surface area contributed by atoms with Crippen LogP contribution in [0.5, 0.6) is 0 Å². The molecule has 4 rings (SSSR count). The maximum absolute atomic E-state index is 13.2. The van der Waals surface area contributed by atoms with Crippen LogP contribution in [0, 0.1) is 39.9 Å². The van der Waals surface area contributed by atoms with Gasteiger partial charge in [0.15, 0.2) is 0 Å². The lowest BCUT2D eigenvalue weighted by molar-refractivity contribution is -0.395. The van der Waals surface area contributed by atoms with Crippen molar-refractivity contribution in [3.63, 3.8) is 0 Å². The molecule has 2 aromatic heterocycles. The molecule has 4 aromatic rings. The van der Waals surface area contributed by atoms with Gasteiger partial charge in [0.1, 0.15) is 24.3 Å². The van der Waals surface area contributed by atoms with Crippen LogP contribution in [0.4, 0.5) is 20.8 Å². The molecule has 0 saturated carbocycles. The number of halogens is 1. The van der Waals surface area contributed by atoms with Gasteiger partial charge in [0.25, 0.3) is 0 Å². The summed E-state index contributed by atoms with van der Waals surface area (Å²) < 4.78 is 14.2. The highest BCUT2D eigenvalue weighted by Crippen LogP contribution is 2.25. The predicted octanol–water partition coefficient (Wildman–Crippen LogP) is 3.98. The van der Waals surface area contributed by atoms with E-state index in [0.29, 0.717) is 16.8 Å². The van der Waals surface area contributed by atoms with Gasteiger partial charge in [-0.05, 0) is 64.6 Å². The van der Waals surface area contributed by atoms with Crippen LogP contribution >= 0.6 is 0 Å². The van der Waals surface area contributed by atoms with Gasteiger partial charge in [-0.15, -0.1) is 4.57 Å². The lowest BCUT2D eigenvalue weighted by atomic mass is 10.00. The molecule has 0 bridgehead atoms. The van der Waals surface area contributed by atoms with E-state index < -0.39 is 16.9 Å². The van der Waals surface area contributed by atoms with Crippen LogP contribution in [-0.4, -0.2) is 25.5 Å². The number of hydrogen-bond donors (Lipinski definition) is 2. The first-order chi connectivity index (χ1) is 17.0. The van der Waals surface area contributed by atoms with Crippen LogP contribution in [0.1, 0.15) is 11.1 Å². The van der Waals surface area contributed by atoms with Gasteiger partial charge in [-0.25, -0.2) is 9.18 Å². The number of benzene rings is 2. The first-order valence-electron chi connectivity index (χ1n) is 10.1. The highest BCUT2D eigenvalue weighted by molar-refractivity contribution is 5.91. The molecule has 0 spiro atoms. The van der Waals surface area contributed by atoms with E-state index in [0.717, 1.165) is 15.7 Å². The first kappa shape index (κ1) is 22.7. The van der Waals surface area contributed by atoms with Gasteiger partial charge in [-0.1, -0.05) is 22.9 Å². The third-order valence-corrected chi connectivity index (χ3v) is 4.59. The van der Waals surface area contributed by atoms with Crippen molar-refractivity contribution in [1.29, 1.82) is 0 Å². The second-order valence-corrected chi connectivity index (χ2v) is 6.92. The number of pyridine rings is 1. The van der Waals surface area contributed by atoms with Crippen LogP contribution in [0.3, 0.4) is 0 Å². The third kappa shape index (κ3) is 5.86. The lowest BCUT2D eigenvalue weighted by Gasteiger charge is -2.09. The number of nitrogens with one attached hydrogen (secondary N) is 2. The molecular weight excluding hydrogens is 451 g/mol. The fourth-order valence-electron chi connectivity index (χ4n) is 3.01. The third-order valence-electron chi connectivity index (χ3n) is 4.59. The minimum atomic E-state index is -0.687. The molecule has 0 atom stereocenters. The van der Waals surface area contributed by atoms with Crippen LogP contribution in [0.25, 0.3) is 11.1 Å². The Hall–Kier alpha value is -5.48. The molecule has 170 valence electrons. The summed E-state index contributed by atoms with van der Waals surface area (Å²) in [5.41, 5.74) is 3.40. The van der Waals surface area contributed by atoms with E-state index in [4.69, 9.17) is 0 Å². The molecule has 35 heavy (non-hydrogen) atoms. The molecule has 9 nitrogen and oxygen atoms in total. The predicted molar refractivity (Wildman–Crippen MR) is 126 cm³/mol. The van der Waals surface area contributed by atoms with Crippen molar-refractivity contribution in [3.05, 3.63) is 106 Å². The fourth-order valence-corrected chi connectivity index (χ4v) is 3.01. The molecule has 10 heteroatoms. The van der Waals surface area contributed by atoms with Crippen LogP contribution in [0.15, 0.2) is 79.4 Å². The van der Waals surface area contributed by atoms with E-state index in [1.54, 1.807) is 42.7 Å². The molecule has 2 heterocycles. The minimum absolute atomic E-state index is 0.351. The number of anilines is 1. The highest BCUT2D eigenvalue weighted by Gasteiger charge is 2.12. The van der Waals surface area contributed by atoms with E-state index in [1.165, 1.54) is 24.5 Å². The van der Waals surface area contributed by atoms with Gasteiger partial charge in [-0.2, -0.15) is 0 Å². The van der Waals surface area contributed by atoms with E-state index in [-0.39, 0.29) is 5.82 Å². The van der Waals surface area contributed by atoms with Crippen molar-refractivity contribution < 1.29 is 14.1 Å². The monoisotopic (exact) mass is 466 g/mol. The van der Waals surface area contributed by atoms with Gasteiger partial charge in [0.05, 0.1) is 6.04 Å². The van der Waals surface area contributed by atoms with E-state index in [9.17, 15) is 19.3 Å². The second kappa shape index (κ2) is 10.4. The summed E-state index contributed by atoms with van der Waals surface area (Å²) in [6.07, 6.45) is 5.85. The van der Waals surface area contributed by atoms with Gasteiger partial charge in [0, 0.05) is 29.2 Å². The van der Waals surface area contributed by atoms with E-state index in [1.807, 2.05) is 12.1 Å². The van der Waals surface area contributed by atoms with Crippen molar-refractivity contribution in [3.8, 4) is 35.1 Å². The normalized spacial score (nSPS) is 9.74. The number of carbonyl (C=O) groups is 1. The Labute approximate surface area is 198 Å². The Morgan fingerprint density at radius 2 is 1.80 bits per heavy atom. The molecule has 0 radical (unpaired) electrons. The first-order valence-corrected chi connectivity index (χ1v) is 10.1. The van der Waals surface area contributed by atoms with Crippen LogP contribution in [0.2, 0.25) is 0 Å². The molecule has 2 aromatic carbocycles. The fraction of sp³-hybridized carbons (Fsp3) is 0. The molecule has 0 fully saturated rings. The van der Waals surface area contributed by atoms with Crippen molar-refractivity contribution in [2.24, 2.45) is 0 Å². The Morgan fingerprint density at radius 3 is 2.54 bits per heavy atom. The molecule has 0 unspecified atom stereocenters. The van der Waals surface area contributed by atoms with Crippen LogP contribution in [-0.2, 0) is 0 Å². The molecule has 0 aliphatic heterocycles. The zero-order valence-corrected chi connectivity index (χ0v) is 17.9. The largest absolute Gasteiger partial charge is 0.447 e. The molecule has 2 amide bonds. The summed E-state index contributed by atoms with van der Waals surface area (Å²) in [6.45, 7) is 0. The van der Waals surface area contributed by atoms with Gasteiger partial charge >= 0.3 is 12.0 Å². The molecular formula is C25H15FN6O3. The maximum Gasteiger partial charge on any atom is 0.447 e. The number of imidazole rings is 1. The summed E-state index contributed by atoms with van der Waals surface area (Å²) in [5, 5.41) is 15.8. The Kier molecular flexibility index (Phi) is 6.76. The standard InChI is InChI=1S/C25H15FN6O3/c26-21-5-2-18(3-6-21)1-4-20-17-22(7-8-23(20)19-9-11-27-12-10-19)30-24(33)28-13-15-31-16-14-29-25(31)32(34)35/h2-3,5-12,14,16-17H,(H2,28,30,33). The average Bonchev–Trinajstić information content (AvgIpc) is 3.33. The van der Waals surface area contributed by atoms with Crippen LogP contribution < -0.4 is 10.6 Å². The summed E-state index contributed by atoms with van der Waals surface area (Å²) in [7, 11) is 0. The Morgan fingerprint density at radius 1 is 1.03 bits per heavy atom. The topological polar surface area (TPSA) is 115 Å². The Balaban J connectivity index is 1.56. The maximum atomic E-state index is 13.2. The van der Waals surface area contributed by atoms with E-state index >= 15 is 0 Å². The lowest BCUT2D eigenvalue weighted by Crippen LogP contribution is -2.24. The smallest absolute Gasteiger partial charge is 0.390 e. The average molecular weight is 466 g/mol. The number of carbonyl (C=O) groups excluding carboxylic acids is 1. The summed E-state index contributed by atoms with van der Waals surface area (Å²) >= 11 is 0. The van der Waals surface area contributed by atoms with E-state index in [2.05, 4.69) is 44.5 Å². The number of rotatable bonds is 3. The van der Waals surface area contributed by atoms with Crippen molar-refractivity contribution in [1.82, 2.24) is 19.9 Å². The van der Waals surface area contributed by atoms with Gasteiger partial charge < -0.3 is 15.4 Å². The molecule has 0 saturated heterocycles. The summed E-state index contributed by atoms with van der Waals surface area (Å²) in [6, 6.07) is 18.8. The number of nitrogens with zero attached hydrogens (tertiary/aromatic N) is 4. The quantitative estimate of drug-likeness (QED) is 0.205. The zero-order chi connectivity index (χ0) is 24.6. The van der Waals surface area contributed by atoms with Crippen molar-refractivity contribution >= 4 is 17.7 Å². The minimum Gasteiger partial charge on any atom is -0.390 e. The van der Waals surface area contributed by atoms with Gasteiger partial charge in [0.2, 0.25) is 0 Å². The van der Waals surface area contributed by atoms with Gasteiger partial charge in [-0.3, -0.25) is 10.3 Å². The molecule has 0 aliphatic rings. The second-order valence-electron chi connectivity index (χ2n) is 6.92. The zero-order valence-electron chi connectivity index (χ0n) is 17.9. The number of nitro groups is 1. The number of urea groups is 1. The number of amides is 2. The highest BCUT2D eigenvalue weighted by atomic mass is 19.1. The van der Waals surface area contributed by atoms with Crippen molar-refractivity contribution in [2.75, 3.05) is 5.32 Å².